The zero-order valence-corrected chi connectivity index (χ0v) is 21.4. The van der Waals surface area contributed by atoms with E-state index in [1.165, 1.54) is 49.7 Å². The molecule has 0 unspecified atom stereocenters. The first-order valence-corrected chi connectivity index (χ1v) is 13.1. The summed E-state index contributed by atoms with van der Waals surface area (Å²) in [6, 6.07) is 15.2. The summed E-state index contributed by atoms with van der Waals surface area (Å²) in [5.74, 6) is 0.875. The van der Waals surface area contributed by atoms with Gasteiger partial charge >= 0.3 is 0 Å². The van der Waals surface area contributed by atoms with E-state index in [4.69, 9.17) is 9.72 Å². The summed E-state index contributed by atoms with van der Waals surface area (Å²) in [5, 5.41) is 9.86. The third kappa shape index (κ3) is 5.26. The molecule has 4 rings (SSSR count). The largest absolute Gasteiger partial charge is 0.494 e. The predicted octanol–water partition coefficient (Wildman–Crippen LogP) is 4.21. The Kier molecular flexibility index (Phi) is 7.01. The topological polar surface area (TPSA) is 106 Å². The highest BCUT2D eigenvalue weighted by Crippen LogP contribution is 2.28. The van der Waals surface area contributed by atoms with Gasteiger partial charge in [-0.1, -0.05) is 0 Å². The number of sulfonamides is 1. The second-order valence-corrected chi connectivity index (χ2v) is 10.8. The van der Waals surface area contributed by atoms with Crippen molar-refractivity contribution >= 4 is 33.1 Å². The molecule has 4 aromatic rings. The number of aryl methyl sites for hydroxylation is 1. The number of hydrogen-bond donors (Lipinski definition) is 1. The normalized spacial score (nSPS) is 11.6. The fourth-order valence-corrected chi connectivity index (χ4v) is 4.99. The van der Waals surface area contributed by atoms with Gasteiger partial charge in [-0.25, -0.2) is 17.7 Å². The Bertz CT molecular complexity index is 1440. The van der Waals surface area contributed by atoms with Crippen LogP contribution in [-0.4, -0.2) is 54.1 Å². The van der Waals surface area contributed by atoms with Crippen LogP contribution in [0, 0.1) is 6.92 Å². The van der Waals surface area contributed by atoms with Crippen LogP contribution in [0.4, 0.5) is 5.82 Å². The van der Waals surface area contributed by atoms with Crippen LogP contribution < -0.4 is 10.1 Å². The van der Waals surface area contributed by atoms with Crippen LogP contribution in [0.3, 0.4) is 0 Å². The van der Waals surface area contributed by atoms with Gasteiger partial charge in [-0.2, -0.15) is 9.78 Å². The molecular weight excluding hydrogens is 486 g/mol. The zero-order valence-electron chi connectivity index (χ0n) is 19.7. The molecule has 0 spiro atoms. The summed E-state index contributed by atoms with van der Waals surface area (Å²) in [6.07, 6.45) is 0. The maximum Gasteiger partial charge on any atom is 0.256 e. The molecule has 2 aromatic carbocycles. The lowest BCUT2D eigenvalue weighted by atomic mass is 10.2. The van der Waals surface area contributed by atoms with Crippen LogP contribution >= 0.6 is 11.3 Å². The van der Waals surface area contributed by atoms with Crippen LogP contribution in [-0.2, 0) is 10.0 Å². The Morgan fingerprint density at radius 2 is 1.80 bits per heavy atom. The summed E-state index contributed by atoms with van der Waals surface area (Å²) in [5.41, 5.74) is 2.77. The van der Waals surface area contributed by atoms with E-state index in [1.807, 2.05) is 43.5 Å². The van der Waals surface area contributed by atoms with Gasteiger partial charge in [0.2, 0.25) is 15.2 Å². The summed E-state index contributed by atoms with van der Waals surface area (Å²) in [6.45, 7) is 4.37. The van der Waals surface area contributed by atoms with Crippen molar-refractivity contribution in [2.75, 3.05) is 26.0 Å². The molecule has 2 aromatic heterocycles. The van der Waals surface area contributed by atoms with E-state index in [0.717, 1.165) is 21.3 Å². The lowest BCUT2D eigenvalue weighted by Crippen LogP contribution is -2.22. The van der Waals surface area contributed by atoms with Gasteiger partial charge in [-0.3, -0.25) is 4.79 Å². The van der Waals surface area contributed by atoms with Crippen molar-refractivity contribution in [1.29, 1.82) is 0 Å². The molecule has 1 N–H and O–H groups in total. The van der Waals surface area contributed by atoms with E-state index in [0.29, 0.717) is 28.8 Å². The number of carbonyl (C=O) groups excluding carboxylic acids is 1. The van der Waals surface area contributed by atoms with Crippen molar-refractivity contribution in [3.05, 3.63) is 71.2 Å². The molecule has 0 fully saturated rings. The number of carbonyl (C=O) groups is 1. The summed E-state index contributed by atoms with van der Waals surface area (Å²) < 4.78 is 32.7. The SMILES string of the molecule is CCOc1ccc(-c2csc(-n3nc(C)cc3NC(=O)c3ccc(S(=O)(=O)N(C)C)cc3)n2)cc1. The van der Waals surface area contributed by atoms with Crippen molar-refractivity contribution in [2.24, 2.45) is 0 Å². The number of nitrogens with one attached hydrogen (secondary N) is 1. The van der Waals surface area contributed by atoms with Crippen LogP contribution in [0.1, 0.15) is 23.0 Å². The summed E-state index contributed by atoms with van der Waals surface area (Å²) >= 11 is 1.41. The van der Waals surface area contributed by atoms with Crippen molar-refractivity contribution in [3.8, 4) is 22.1 Å². The van der Waals surface area contributed by atoms with E-state index in [-0.39, 0.29) is 10.8 Å². The molecule has 35 heavy (non-hydrogen) atoms. The molecule has 0 saturated carbocycles. The molecule has 0 bridgehead atoms. The lowest BCUT2D eigenvalue weighted by Gasteiger charge is -2.11. The Morgan fingerprint density at radius 1 is 1.11 bits per heavy atom. The Hall–Kier alpha value is -3.54. The van der Waals surface area contributed by atoms with Gasteiger partial charge in [0.15, 0.2) is 0 Å². The third-order valence-corrected chi connectivity index (χ3v) is 7.75. The maximum absolute atomic E-state index is 12.9. The first-order valence-electron chi connectivity index (χ1n) is 10.8. The molecule has 0 aliphatic carbocycles. The van der Waals surface area contributed by atoms with Gasteiger partial charge < -0.3 is 10.1 Å². The van der Waals surface area contributed by atoms with Gasteiger partial charge in [-0.15, -0.1) is 11.3 Å². The fourth-order valence-electron chi connectivity index (χ4n) is 3.29. The quantitative estimate of drug-likeness (QED) is 0.380. The molecule has 11 heteroatoms. The number of thiazole rings is 1. The molecule has 0 radical (unpaired) electrons. The maximum atomic E-state index is 12.9. The standard InChI is InChI=1S/C24H25N5O4S2/c1-5-33-19-10-6-17(7-11-19)21-15-34-24(25-21)29-22(14-16(2)27-29)26-23(30)18-8-12-20(13-9-18)35(31,32)28(3)4/h6-15H,5H2,1-4H3,(H,26,30). The van der Waals surface area contributed by atoms with E-state index in [2.05, 4.69) is 10.4 Å². The fraction of sp³-hybridized carbons (Fsp3) is 0.208. The van der Waals surface area contributed by atoms with E-state index >= 15 is 0 Å². The number of nitrogens with zero attached hydrogens (tertiary/aromatic N) is 4. The number of amides is 1. The van der Waals surface area contributed by atoms with Crippen LogP contribution in [0.15, 0.2) is 64.9 Å². The van der Waals surface area contributed by atoms with Crippen molar-refractivity contribution in [1.82, 2.24) is 19.1 Å². The minimum absolute atomic E-state index is 0.115. The summed E-state index contributed by atoms with van der Waals surface area (Å²) in [4.78, 5) is 17.7. The Balaban J connectivity index is 1.55. The number of rotatable bonds is 8. The third-order valence-electron chi connectivity index (χ3n) is 5.10. The number of benzene rings is 2. The van der Waals surface area contributed by atoms with Crippen molar-refractivity contribution in [3.63, 3.8) is 0 Å². The van der Waals surface area contributed by atoms with E-state index in [9.17, 15) is 13.2 Å². The molecule has 1 amide bonds. The van der Waals surface area contributed by atoms with Crippen molar-refractivity contribution in [2.45, 2.75) is 18.7 Å². The van der Waals surface area contributed by atoms with Crippen LogP contribution in [0.5, 0.6) is 5.75 Å². The van der Waals surface area contributed by atoms with Gasteiger partial charge in [0.1, 0.15) is 11.6 Å². The lowest BCUT2D eigenvalue weighted by molar-refractivity contribution is 0.102. The minimum Gasteiger partial charge on any atom is -0.494 e. The highest BCUT2D eigenvalue weighted by Gasteiger charge is 2.19. The molecular formula is C24H25N5O4S2. The van der Waals surface area contributed by atoms with Gasteiger partial charge in [0.05, 0.1) is 22.9 Å². The van der Waals surface area contributed by atoms with E-state index < -0.39 is 10.0 Å². The van der Waals surface area contributed by atoms with Crippen LogP contribution in [0.2, 0.25) is 0 Å². The first kappa shape index (κ1) is 24.6. The highest BCUT2D eigenvalue weighted by molar-refractivity contribution is 7.89. The molecule has 182 valence electrons. The van der Waals surface area contributed by atoms with Gasteiger partial charge in [0.25, 0.3) is 5.91 Å². The number of ether oxygens (including phenoxy) is 1. The highest BCUT2D eigenvalue weighted by atomic mass is 32.2. The molecule has 0 aliphatic rings. The second-order valence-electron chi connectivity index (χ2n) is 7.82. The molecule has 2 heterocycles. The Morgan fingerprint density at radius 3 is 2.43 bits per heavy atom. The van der Waals surface area contributed by atoms with Crippen LogP contribution in [0.25, 0.3) is 16.4 Å². The Labute approximate surface area is 208 Å². The monoisotopic (exact) mass is 511 g/mol. The number of aromatic nitrogens is 3. The zero-order chi connectivity index (χ0) is 25.2. The summed E-state index contributed by atoms with van der Waals surface area (Å²) in [7, 11) is -0.655. The van der Waals surface area contributed by atoms with Gasteiger partial charge in [0, 0.05) is 36.7 Å². The average molecular weight is 512 g/mol. The number of anilines is 1. The van der Waals surface area contributed by atoms with Gasteiger partial charge in [-0.05, 0) is 62.4 Å². The molecule has 0 aliphatic heterocycles. The molecule has 0 saturated heterocycles. The minimum atomic E-state index is -3.57. The number of hydrogen-bond acceptors (Lipinski definition) is 7. The predicted molar refractivity (Wildman–Crippen MR) is 136 cm³/mol. The van der Waals surface area contributed by atoms with E-state index in [1.54, 1.807) is 10.7 Å². The first-order chi connectivity index (χ1) is 16.7. The smallest absolute Gasteiger partial charge is 0.256 e. The second kappa shape index (κ2) is 9.98. The molecule has 9 nitrogen and oxygen atoms in total. The van der Waals surface area contributed by atoms with Crippen molar-refractivity contribution < 1.29 is 17.9 Å². The average Bonchev–Trinajstić information content (AvgIpc) is 3.46. The molecule has 0 atom stereocenters.